The van der Waals surface area contributed by atoms with Crippen LogP contribution in [0.1, 0.15) is 22.3 Å². The Hall–Kier alpha value is -2.40. The molecule has 0 spiro atoms. The Bertz CT molecular complexity index is 669. The van der Waals surface area contributed by atoms with Crippen molar-refractivity contribution in [2.24, 2.45) is 5.73 Å². The molecule has 5 nitrogen and oxygen atoms in total. The van der Waals surface area contributed by atoms with Crippen LogP contribution in [0.3, 0.4) is 0 Å². The molecule has 0 aromatic heterocycles. The summed E-state index contributed by atoms with van der Waals surface area (Å²) in [6.45, 7) is 4.62. The van der Waals surface area contributed by atoms with E-state index in [-0.39, 0.29) is 18.0 Å². The van der Waals surface area contributed by atoms with Gasteiger partial charge in [-0.1, -0.05) is 24.3 Å². The molecule has 2 aromatic carbocycles. The Morgan fingerprint density at radius 1 is 1.10 bits per heavy atom. The number of nitrogens with zero attached hydrogens (tertiary/aromatic N) is 1. The first-order valence-corrected chi connectivity index (χ1v) is 6.67. The number of hydrogen-bond donors (Lipinski definition) is 1. The first kappa shape index (κ1) is 15.0. The number of aryl methyl sites for hydroxylation is 2. The molecule has 0 aliphatic rings. The van der Waals surface area contributed by atoms with E-state index in [0.717, 1.165) is 5.56 Å². The Kier molecular flexibility index (Phi) is 4.55. The summed E-state index contributed by atoms with van der Waals surface area (Å²) in [4.78, 5) is 10.6. The summed E-state index contributed by atoms with van der Waals surface area (Å²) >= 11 is 0. The van der Waals surface area contributed by atoms with E-state index in [2.05, 4.69) is 0 Å². The number of benzene rings is 2. The van der Waals surface area contributed by atoms with E-state index >= 15 is 0 Å². The fraction of sp³-hybridized carbons (Fsp3) is 0.250. The second-order valence-corrected chi connectivity index (χ2v) is 4.97. The lowest BCUT2D eigenvalue weighted by atomic mass is 10.1. The van der Waals surface area contributed by atoms with Gasteiger partial charge >= 0.3 is 5.69 Å². The van der Waals surface area contributed by atoms with Gasteiger partial charge in [-0.25, -0.2) is 0 Å². The van der Waals surface area contributed by atoms with E-state index in [0.29, 0.717) is 12.2 Å². The Labute approximate surface area is 123 Å². The lowest BCUT2D eigenvalue weighted by Crippen LogP contribution is -2.02. The van der Waals surface area contributed by atoms with Crippen LogP contribution in [-0.2, 0) is 13.2 Å². The molecule has 2 rings (SSSR count). The third-order valence-electron chi connectivity index (χ3n) is 3.42. The molecule has 0 amide bonds. The van der Waals surface area contributed by atoms with Crippen LogP contribution < -0.4 is 10.5 Å². The van der Waals surface area contributed by atoms with Crippen molar-refractivity contribution in [1.82, 2.24) is 0 Å². The lowest BCUT2D eigenvalue weighted by Gasteiger charge is -2.09. The van der Waals surface area contributed by atoms with Gasteiger partial charge < -0.3 is 10.5 Å². The third-order valence-corrected chi connectivity index (χ3v) is 3.42. The monoisotopic (exact) mass is 286 g/mol. The Balaban J connectivity index is 2.19. The fourth-order valence-electron chi connectivity index (χ4n) is 2.01. The molecular formula is C16H18N2O3. The van der Waals surface area contributed by atoms with E-state index < -0.39 is 4.92 Å². The lowest BCUT2D eigenvalue weighted by molar-refractivity contribution is -0.386. The number of rotatable bonds is 5. The standard InChI is InChI=1S/C16H18N2O3/c1-11-3-4-14(7-12(11)2)10-21-16-6-5-13(9-17)8-15(16)18(19)20/h3-8H,9-10,17H2,1-2H3. The van der Waals surface area contributed by atoms with Gasteiger partial charge in [-0.05, 0) is 42.2 Å². The first-order valence-electron chi connectivity index (χ1n) is 6.67. The minimum absolute atomic E-state index is 0.0539. The highest BCUT2D eigenvalue weighted by molar-refractivity contribution is 5.48. The van der Waals surface area contributed by atoms with Crippen molar-refractivity contribution in [3.8, 4) is 5.75 Å². The van der Waals surface area contributed by atoms with Crippen molar-refractivity contribution in [3.63, 3.8) is 0 Å². The molecule has 0 radical (unpaired) electrons. The van der Waals surface area contributed by atoms with Gasteiger partial charge in [-0.15, -0.1) is 0 Å². The van der Waals surface area contributed by atoms with Crippen molar-refractivity contribution in [2.75, 3.05) is 0 Å². The fourth-order valence-corrected chi connectivity index (χ4v) is 2.01. The van der Waals surface area contributed by atoms with Gasteiger partial charge in [0.15, 0.2) is 5.75 Å². The maximum absolute atomic E-state index is 11.1. The van der Waals surface area contributed by atoms with E-state index in [1.54, 1.807) is 12.1 Å². The summed E-state index contributed by atoms with van der Waals surface area (Å²) in [6, 6.07) is 10.8. The van der Waals surface area contributed by atoms with Gasteiger partial charge in [0.05, 0.1) is 4.92 Å². The predicted octanol–water partition coefficient (Wildman–Crippen LogP) is 3.25. The third kappa shape index (κ3) is 3.58. The second-order valence-electron chi connectivity index (χ2n) is 4.97. The SMILES string of the molecule is Cc1ccc(COc2ccc(CN)cc2[N+](=O)[O-])cc1C. The van der Waals surface area contributed by atoms with E-state index in [1.165, 1.54) is 17.2 Å². The second kappa shape index (κ2) is 6.37. The molecule has 5 heteroatoms. The van der Waals surface area contributed by atoms with Crippen molar-refractivity contribution >= 4 is 5.69 Å². The number of nitrogens with two attached hydrogens (primary N) is 1. The summed E-state index contributed by atoms with van der Waals surface area (Å²) in [7, 11) is 0. The highest BCUT2D eigenvalue weighted by atomic mass is 16.6. The van der Waals surface area contributed by atoms with Crippen molar-refractivity contribution in [1.29, 1.82) is 0 Å². The quantitative estimate of drug-likeness (QED) is 0.676. The van der Waals surface area contributed by atoms with Crippen LogP contribution in [0.2, 0.25) is 0 Å². The summed E-state index contributed by atoms with van der Waals surface area (Å²) in [6.07, 6.45) is 0. The molecular weight excluding hydrogens is 268 g/mol. The maximum Gasteiger partial charge on any atom is 0.311 e. The zero-order chi connectivity index (χ0) is 15.4. The summed E-state index contributed by atoms with van der Waals surface area (Å²) in [5, 5.41) is 11.1. The minimum atomic E-state index is -0.450. The molecule has 0 saturated heterocycles. The van der Waals surface area contributed by atoms with Crippen LogP contribution in [0.5, 0.6) is 5.75 Å². The topological polar surface area (TPSA) is 78.4 Å². The normalized spacial score (nSPS) is 10.4. The largest absolute Gasteiger partial charge is 0.482 e. The number of ether oxygens (including phenoxy) is 1. The number of hydrogen-bond acceptors (Lipinski definition) is 4. The first-order chi connectivity index (χ1) is 10.0. The highest BCUT2D eigenvalue weighted by Crippen LogP contribution is 2.28. The van der Waals surface area contributed by atoms with Gasteiger partial charge in [-0.3, -0.25) is 10.1 Å². The van der Waals surface area contributed by atoms with Gasteiger partial charge in [-0.2, -0.15) is 0 Å². The molecule has 2 aromatic rings. The molecule has 0 unspecified atom stereocenters. The van der Waals surface area contributed by atoms with Gasteiger partial charge in [0, 0.05) is 12.6 Å². The summed E-state index contributed by atoms with van der Waals surface area (Å²) in [5.41, 5.74) is 9.51. The van der Waals surface area contributed by atoms with Gasteiger partial charge in [0.2, 0.25) is 0 Å². The van der Waals surface area contributed by atoms with E-state index in [1.807, 2.05) is 32.0 Å². The molecule has 110 valence electrons. The maximum atomic E-state index is 11.1. The summed E-state index contributed by atoms with van der Waals surface area (Å²) < 4.78 is 5.60. The van der Waals surface area contributed by atoms with Crippen molar-refractivity contribution in [3.05, 3.63) is 68.8 Å². The minimum Gasteiger partial charge on any atom is -0.482 e. The number of nitro benzene ring substituents is 1. The molecule has 21 heavy (non-hydrogen) atoms. The molecule has 0 aliphatic heterocycles. The zero-order valence-electron chi connectivity index (χ0n) is 12.1. The van der Waals surface area contributed by atoms with Crippen LogP contribution in [-0.4, -0.2) is 4.92 Å². The van der Waals surface area contributed by atoms with Crippen molar-refractivity contribution < 1.29 is 9.66 Å². The number of nitro groups is 1. The van der Waals surface area contributed by atoms with Crippen LogP contribution >= 0.6 is 0 Å². The average molecular weight is 286 g/mol. The molecule has 0 atom stereocenters. The predicted molar refractivity (Wildman–Crippen MR) is 81.2 cm³/mol. The molecule has 0 aliphatic carbocycles. The zero-order valence-corrected chi connectivity index (χ0v) is 12.1. The van der Waals surface area contributed by atoms with Crippen molar-refractivity contribution in [2.45, 2.75) is 27.0 Å². The van der Waals surface area contributed by atoms with E-state index in [9.17, 15) is 10.1 Å². The Morgan fingerprint density at radius 3 is 2.43 bits per heavy atom. The van der Waals surface area contributed by atoms with Crippen LogP contribution in [0.15, 0.2) is 36.4 Å². The summed E-state index contributed by atoms with van der Waals surface area (Å²) in [5.74, 6) is 0.260. The highest BCUT2D eigenvalue weighted by Gasteiger charge is 2.15. The van der Waals surface area contributed by atoms with Crippen LogP contribution in [0, 0.1) is 24.0 Å². The molecule has 2 N–H and O–H groups in total. The molecule has 0 fully saturated rings. The molecule has 0 heterocycles. The van der Waals surface area contributed by atoms with E-state index in [4.69, 9.17) is 10.5 Å². The average Bonchev–Trinajstić information content (AvgIpc) is 2.48. The van der Waals surface area contributed by atoms with Gasteiger partial charge in [0.25, 0.3) is 0 Å². The van der Waals surface area contributed by atoms with Gasteiger partial charge in [0.1, 0.15) is 6.61 Å². The smallest absolute Gasteiger partial charge is 0.311 e. The Morgan fingerprint density at radius 2 is 1.81 bits per heavy atom. The molecule has 0 bridgehead atoms. The van der Waals surface area contributed by atoms with Crippen LogP contribution in [0.25, 0.3) is 0 Å². The molecule has 0 saturated carbocycles. The van der Waals surface area contributed by atoms with Crippen LogP contribution in [0.4, 0.5) is 5.69 Å².